The molecule has 0 radical (unpaired) electrons. The van der Waals surface area contributed by atoms with Crippen molar-refractivity contribution in [3.8, 4) is 11.1 Å². The quantitative estimate of drug-likeness (QED) is 0.437. The summed E-state index contributed by atoms with van der Waals surface area (Å²) in [5.41, 5.74) is -0.290. The molecule has 0 saturated heterocycles. The van der Waals surface area contributed by atoms with E-state index < -0.39 is 19.8 Å². The summed E-state index contributed by atoms with van der Waals surface area (Å²) in [5, 5.41) is 0.0854. The number of ether oxygens (including phenoxy) is 1. The molecule has 1 heterocycles. The second-order valence-electron chi connectivity index (χ2n) is 6.92. The molecule has 0 N–H and O–H groups in total. The lowest BCUT2D eigenvalue weighted by molar-refractivity contribution is -0.137. The van der Waals surface area contributed by atoms with Crippen molar-refractivity contribution in [2.45, 2.75) is 38.6 Å². The molecule has 0 amide bonds. The van der Waals surface area contributed by atoms with Gasteiger partial charge in [0, 0.05) is 43.2 Å². The summed E-state index contributed by atoms with van der Waals surface area (Å²) in [6, 6.07) is 6.49. The minimum Gasteiger partial charge on any atom is -0.361 e. The van der Waals surface area contributed by atoms with E-state index in [1.807, 2.05) is 0 Å². The lowest BCUT2D eigenvalue weighted by Gasteiger charge is -2.15. The second-order valence-corrected chi connectivity index (χ2v) is 13.0. The van der Waals surface area contributed by atoms with Crippen LogP contribution in [0.2, 0.25) is 30.7 Å². The highest BCUT2D eigenvalue weighted by molar-refractivity contribution is 6.76. The monoisotopic (exact) mass is 375 g/mol. The molecule has 2 rings (SSSR count). The molecule has 132 valence electrons. The molecule has 0 spiro atoms. The Morgan fingerprint density at radius 3 is 2.50 bits per heavy atom. The summed E-state index contributed by atoms with van der Waals surface area (Å²) in [4.78, 5) is 0. The van der Waals surface area contributed by atoms with Crippen molar-refractivity contribution >= 4 is 19.7 Å². The fraction of sp³-hybridized carbons (Fsp3) is 0.412. The van der Waals surface area contributed by atoms with E-state index in [1.165, 1.54) is 12.1 Å². The number of aromatic nitrogens is 1. The van der Waals surface area contributed by atoms with Crippen LogP contribution in [0.1, 0.15) is 5.56 Å². The van der Waals surface area contributed by atoms with Gasteiger partial charge in [-0.3, -0.25) is 0 Å². The van der Waals surface area contributed by atoms with Crippen LogP contribution in [0.4, 0.5) is 13.2 Å². The van der Waals surface area contributed by atoms with Gasteiger partial charge in [0.15, 0.2) is 0 Å². The summed E-state index contributed by atoms with van der Waals surface area (Å²) >= 11 is 6.02. The smallest absolute Gasteiger partial charge is 0.361 e. The van der Waals surface area contributed by atoms with E-state index in [2.05, 4.69) is 19.6 Å². The zero-order valence-corrected chi connectivity index (χ0v) is 15.7. The van der Waals surface area contributed by atoms with Crippen LogP contribution in [0.25, 0.3) is 11.1 Å². The lowest BCUT2D eigenvalue weighted by Crippen LogP contribution is -2.21. The van der Waals surface area contributed by atoms with Crippen molar-refractivity contribution in [2.75, 3.05) is 6.61 Å². The highest BCUT2D eigenvalue weighted by Gasteiger charge is 2.34. The number of hydrogen-bond acceptors (Lipinski definition) is 1. The minimum absolute atomic E-state index is 0.00696. The number of benzene rings is 1. The lowest BCUT2D eigenvalue weighted by atomic mass is 10.0. The van der Waals surface area contributed by atoms with Crippen LogP contribution in [-0.2, 0) is 17.6 Å². The fourth-order valence-corrected chi connectivity index (χ4v) is 3.31. The van der Waals surface area contributed by atoms with Gasteiger partial charge >= 0.3 is 6.18 Å². The molecule has 0 unspecified atom stereocenters. The first-order valence-corrected chi connectivity index (χ1v) is 11.8. The van der Waals surface area contributed by atoms with Gasteiger partial charge in [0.05, 0.1) is 5.56 Å². The van der Waals surface area contributed by atoms with Crippen molar-refractivity contribution in [3.05, 3.63) is 47.2 Å². The molecule has 7 heteroatoms. The Morgan fingerprint density at radius 1 is 1.17 bits per heavy atom. The van der Waals surface area contributed by atoms with E-state index >= 15 is 0 Å². The topological polar surface area (TPSA) is 14.2 Å². The molecular formula is C17H21ClF3NOSi. The molecule has 0 saturated carbocycles. The van der Waals surface area contributed by atoms with Crippen LogP contribution in [0.5, 0.6) is 0 Å². The Labute approximate surface area is 146 Å². The maximum atomic E-state index is 13.2. The highest BCUT2D eigenvalue weighted by atomic mass is 35.5. The molecule has 24 heavy (non-hydrogen) atoms. The molecule has 1 aromatic heterocycles. The number of nitrogens with zero attached hydrogens (tertiary/aromatic N) is 1. The first-order chi connectivity index (χ1) is 11.1. The predicted molar refractivity (Wildman–Crippen MR) is 94.0 cm³/mol. The molecule has 2 aromatic rings. The van der Waals surface area contributed by atoms with Gasteiger partial charge in [0.2, 0.25) is 0 Å². The summed E-state index contributed by atoms with van der Waals surface area (Å²) in [5.74, 6) is 0. The normalized spacial score (nSPS) is 12.6. The van der Waals surface area contributed by atoms with E-state index in [0.717, 1.165) is 12.1 Å². The van der Waals surface area contributed by atoms with Crippen LogP contribution in [0.15, 0.2) is 36.7 Å². The molecule has 0 atom stereocenters. The van der Waals surface area contributed by atoms with Crippen LogP contribution in [0.3, 0.4) is 0 Å². The molecule has 0 aliphatic carbocycles. The molecule has 2 nitrogen and oxygen atoms in total. The molecule has 0 aliphatic heterocycles. The van der Waals surface area contributed by atoms with Gasteiger partial charge in [-0.15, -0.1) is 0 Å². The molecular weight excluding hydrogens is 355 g/mol. The molecule has 1 aromatic carbocycles. The van der Waals surface area contributed by atoms with Crippen molar-refractivity contribution in [1.29, 1.82) is 0 Å². The van der Waals surface area contributed by atoms with E-state index in [9.17, 15) is 13.2 Å². The van der Waals surface area contributed by atoms with Crippen molar-refractivity contribution in [1.82, 2.24) is 4.57 Å². The van der Waals surface area contributed by atoms with Crippen LogP contribution < -0.4 is 0 Å². The van der Waals surface area contributed by atoms with Gasteiger partial charge in [-0.1, -0.05) is 37.3 Å². The average Bonchev–Trinajstić information content (AvgIpc) is 2.90. The van der Waals surface area contributed by atoms with Crippen molar-refractivity contribution in [2.24, 2.45) is 0 Å². The first-order valence-electron chi connectivity index (χ1n) is 7.67. The highest BCUT2D eigenvalue weighted by Crippen LogP contribution is 2.40. The van der Waals surface area contributed by atoms with E-state index in [1.54, 1.807) is 23.0 Å². The number of halogens is 4. The standard InChI is InChI=1S/C17H21ClF3NOSi/c1-24(2,3)10-9-23-12-22-8-7-13(11-22)16-14(17(19,20)21)5-4-6-15(16)18/h4-8,11H,9-10,12H2,1-3H3. The van der Waals surface area contributed by atoms with Gasteiger partial charge in [-0.05, 0) is 24.2 Å². The third-order valence-corrected chi connectivity index (χ3v) is 5.61. The third kappa shape index (κ3) is 5.13. The summed E-state index contributed by atoms with van der Waals surface area (Å²) < 4.78 is 46.9. The summed E-state index contributed by atoms with van der Waals surface area (Å²) in [7, 11) is -1.16. The van der Waals surface area contributed by atoms with Gasteiger partial charge in [0.1, 0.15) is 6.73 Å². The SMILES string of the molecule is C[Si](C)(C)CCOCn1ccc(-c2c(Cl)cccc2C(F)(F)F)c1. The molecule has 0 fully saturated rings. The third-order valence-electron chi connectivity index (χ3n) is 3.59. The van der Waals surface area contributed by atoms with E-state index in [0.29, 0.717) is 18.9 Å². The maximum Gasteiger partial charge on any atom is 0.417 e. The van der Waals surface area contributed by atoms with Crippen LogP contribution in [0, 0.1) is 0 Å². The molecule has 0 bridgehead atoms. The summed E-state index contributed by atoms with van der Waals surface area (Å²) in [6.07, 6.45) is -1.12. The van der Waals surface area contributed by atoms with Gasteiger partial charge < -0.3 is 9.30 Å². The van der Waals surface area contributed by atoms with E-state index in [4.69, 9.17) is 16.3 Å². The Kier molecular flexibility index (Phi) is 5.83. The van der Waals surface area contributed by atoms with Crippen LogP contribution >= 0.6 is 11.6 Å². The minimum atomic E-state index is -4.45. The molecule has 0 aliphatic rings. The number of alkyl halides is 3. The van der Waals surface area contributed by atoms with Gasteiger partial charge in [-0.25, -0.2) is 0 Å². The van der Waals surface area contributed by atoms with Crippen molar-refractivity contribution < 1.29 is 17.9 Å². The zero-order chi connectivity index (χ0) is 18.0. The van der Waals surface area contributed by atoms with Crippen molar-refractivity contribution in [3.63, 3.8) is 0 Å². The number of rotatable bonds is 6. The summed E-state index contributed by atoms with van der Waals surface area (Å²) in [6.45, 7) is 7.76. The second kappa shape index (κ2) is 7.33. The van der Waals surface area contributed by atoms with E-state index in [-0.39, 0.29) is 10.6 Å². The number of hydrogen-bond donors (Lipinski definition) is 0. The Bertz CT molecular complexity index is 692. The largest absolute Gasteiger partial charge is 0.417 e. The average molecular weight is 376 g/mol. The van der Waals surface area contributed by atoms with Gasteiger partial charge in [-0.2, -0.15) is 13.2 Å². The Hall–Kier alpha value is -1.24. The fourth-order valence-electron chi connectivity index (χ4n) is 2.27. The van der Waals surface area contributed by atoms with Gasteiger partial charge in [0.25, 0.3) is 0 Å². The Balaban J connectivity index is 2.14. The van der Waals surface area contributed by atoms with Crippen LogP contribution in [-0.4, -0.2) is 19.2 Å². The predicted octanol–water partition coefficient (Wildman–Crippen LogP) is 6.14. The maximum absolute atomic E-state index is 13.2. The Morgan fingerprint density at radius 2 is 1.88 bits per heavy atom. The zero-order valence-electron chi connectivity index (χ0n) is 14.0. The first kappa shape index (κ1) is 19.1.